The minimum atomic E-state index is 0. The first-order chi connectivity index (χ1) is 10.9. The Hall–Kier alpha value is -0.810. The number of benzene rings is 1. The van der Waals surface area contributed by atoms with Gasteiger partial charge in [-0.15, -0.1) is 12.4 Å². The average molecular weight is 478 g/mol. The Balaban J connectivity index is 0.00000208. The molecule has 24 heavy (non-hydrogen) atoms. The van der Waals surface area contributed by atoms with Gasteiger partial charge >= 0.3 is 0 Å². The Morgan fingerprint density at radius 3 is 2.71 bits per heavy atom. The Bertz CT molecular complexity index is 796. The third-order valence-corrected chi connectivity index (χ3v) is 6.21. The van der Waals surface area contributed by atoms with Gasteiger partial charge < -0.3 is 15.2 Å². The number of aromatic nitrogens is 2. The van der Waals surface area contributed by atoms with Gasteiger partial charge in [0, 0.05) is 29.6 Å². The van der Waals surface area contributed by atoms with Crippen LogP contribution in [0.5, 0.6) is 0 Å². The van der Waals surface area contributed by atoms with Crippen LogP contribution in [0, 0.1) is 11.3 Å². The molecular formula is C16H20Br2ClN5. The Kier molecular flexibility index (Phi) is 6.19. The van der Waals surface area contributed by atoms with E-state index in [2.05, 4.69) is 61.2 Å². The lowest BCUT2D eigenvalue weighted by Crippen LogP contribution is -2.44. The van der Waals surface area contributed by atoms with Crippen molar-refractivity contribution in [1.29, 1.82) is 5.26 Å². The van der Waals surface area contributed by atoms with Crippen molar-refractivity contribution in [1.82, 2.24) is 9.55 Å². The summed E-state index contributed by atoms with van der Waals surface area (Å²) in [5, 5.41) is 9.55. The molecule has 0 aliphatic carbocycles. The number of hydrogen-bond donors (Lipinski definition) is 1. The molecule has 2 heterocycles. The molecule has 1 saturated heterocycles. The molecule has 3 rings (SSSR count). The van der Waals surface area contributed by atoms with E-state index >= 15 is 0 Å². The molecule has 1 aliphatic heterocycles. The molecule has 1 fully saturated rings. The van der Waals surface area contributed by atoms with Crippen molar-refractivity contribution in [2.75, 3.05) is 18.0 Å². The molecule has 2 aromatic rings. The zero-order valence-electron chi connectivity index (χ0n) is 13.6. The van der Waals surface area contributed by atoms with Crippen LogP contribution in [0.3, 0.4) is 0 Å². The molecule has 0 radical (unpaired) electrons. The summed E-state index contributed by atoms with van der Waals surface area (Å²) in [4.78, 5) is 7.07. The Labute approximate surface area is 164 Å². The van der Waals surface area contributed by atoms with E-state index < -0.39 is 0 Å². The summed E-state index contributed by atoms with van der Waals surface area (Å²) in [5.41, 5.74) is 8.42. The highest BCUT2D eigenvalue weighted by Gasteiger charge is 2.25. The first-order valence-corrected chi connectivity index (χ1v) is 9.33. The smallest absolute Gasteiger partial charge is 0.206 e. The number of halogens is 3. The number of piperidine rings is 1. The van der Waals surface area contributed by atoms with Gasteiger partial charge in [-0.05, 0) is 64.6 Å². The molecule has 0 spiro atoms. The van der Waals surface area contributed by atoms with Gasteiger partial charge in [0.05, 0.1) is 15.6 Å². The second kappa shape index (κ2) is 7.61. The lowest BCUT2D eigenvalue weighted by Gasteiger charge is -2.32. The Morgan fingerprint density at radius 2 is 2.12 bits per heavy atom. The largest absolute Gasteiger partial charge is 0.341 e. The molecule has 1 aliphatic rings. The van der Waals surface area contributed by atoms with Crippen molar-refractivity contribution in [3.63, 3.8) is 0 Å². The summed E-state index contributed by atoms with van der Waals surface area (Å²) in [7, 11) is 0. The van der Waals surface area contributed by atoms with E-state index in [4.69, 9.17) is 10.7 Å². The van der Waals surface area contributed by atoms with Gasteiger partial charge in [-0.1, -0.05) is 0 Å². The fourth-order valence-electron chi connectivity index (χ4n) is 3.19. The first-order valence-electron chi connectivity index (χ1n) is 7.74. The second-order valence-electron chi connectivity index (χ2n) is 6.25. The highest BCUT2D eigenvalue weighted by molar-refractivity contribution is 9.13. The summed E-state index contributed by atoms with van der Waals surface area (Å²) in [6, 6.07) is 4.72. The Morgan fingerprint density at radius 1 is 1.42 bits per heavy atom. The summed E-state index contributed by atoms with van der Waals surface area (Å²) in [6.07, 6.45) is 2.12. The quantitative estimate of drug-likeness (QED) is 0.698. The number of fused-ring (bicyclic) bond motifs is 1. The van der Waals surface area contributed by atoms with Crippen LogP contribution in [0.25, 0.3) is 11.0 Å². The zero-order chi connectivity index (χ0) is 16.7. The molecule has 5 nitrogen and oxygen atoms in total. The van der Waals surface area contributed by atoms with Gasteiger partial charge in [0.15, 0.2) is 0 Å². The standard InChI is InChI=1S/C16H19Br2N5.ClH/c1-9(2)23-13-6-12(17)14(18)11(7-19)15(13)21-16(23)22-5-3-4-10(20)8-22;/h6,9-10H,3-5,8,20H2,1-2H3;1H/t10-;/m0./s1. The number of nitriles is 1. The SMILES string of the molecule is CC(C)n1c(N2CCC[C@H](N)C2)nc2c(C#N)c(Br)c(Br)cc21.Cl. The number of nitrogens with zero attached hydrogens (tertiary/aromatic N) is 4. The molecular weight excluding hydrogens is 457 g/mol. The summed E-state index contributed by atoms with van der Waals surface area (Å²) in [6.45, 7) is 6.03. The van der Waals surface area contributed by atoms with Gasteiger partial charge in [-0.3, -0.25) is 0 Å². The second-order valence-corrected chi connectivity index (χ2v) is 7.90. The predicted octanol–water partition coefficient (Wildman–Crippen LogP) is 4.36. The first kappa shape index (κ1) is 19.5. The van der Waals surface area contributed by atoms with Crippen LogP contribution in [0.4, 0.5) is 5.95 Å². The third kappa shape index (κ3) is 3.30. The summed E-state index contributed by atoms with van der Waals surface area (Å²) >= 11 is 7.02. The van der Waals surface area contributed by atoms with E-state index in [1.54, 1.807) is 0 Å². The molecule has 1 aromatic carbocycles. The fraction of sp³-hybridized carbons (Fsp3) is 0.500. The van der Waals surface area contributed by atoms with Gasteiger partial charge in [0.1, 0.15) is 11.6 Å². The number of rotatable bonds is 2. The topological polar surface area (TPSA) is 70.9 Å². The average Bonchev–Trinajstić information content (AvgIpc) is 2.87. The number of hydrogen-bond acceptors (Lipinski definition) is 4. The summed E-state index contributed by atoms with van der Waals surface area (Å²) < 4.78 is 3.82. The van der Waals surface area contributed by atoms with Crippen LogP contribution < -0.4 is 10.6 Å². The molecule has 0 unspecified atom stereocenters. The summed E-state index contributed by atoms with van der Waals surface area (Å²) in [5.74, 6) is 0.909. The molecule has 0 amide bonds. The van der Waals surface area contributed by atoms with Gasteiger partial charge in [0.2, 0.25) is 5.95 Å². The van der Waals surface area contributed by atoms with Crippen LogP contribution in [0.2, 0.25) is 0 Å². The van der Waals surface area contributed by atoms with E-state index in [1.807, 2.05) is 6.07 Å². The number of nitrogens with two attached hydrogens (primary N) is 1. The monoisotopic (exact) mass is 475 g/mol. The lowest BCUT2D eigenvalue weighted by molar-refractivity contribution is 0.487. The maximum absolute atomic E-state index is 9.55. The van der Waals surface area contributed by atoms with Crippen LogP contribution in [-0.2, 0) is 0 Å². The highest BCUT2D eigenvalue weighted by atomic mass is 79.9. The molecule has 8 heteroatoms. The molecule has 2 N–H and O–H groups in total. The molecule has 130 valence electrons. The van der Waals surface area contributed by atoms with Gasteiger partial charge in [-0.25, -0.2) is 4.98 Å². The van der Waals surface area contributed by atoms with Gasteiger partial charge in [-0.2, -0.15) is 5.26 Å². The van der Waals surface area contributed by atoms with E-state index in [1.165, 1.54) is 0 Å². The van der Waals surface area contributed by atoms with Crippen molar-refractivity contribution in [3.8, 4) is 6.07 Å². The van der Waals surface area contributed by atoms with E-state index in [0.717, 1.165) is 51.9 Å². The maximum Gasteiger partial charge on any atom is 0.206 e. The number of imidazole rings is 1. The zero-order valence-corrected chi connectivity index (χ0v) is 17.6. The minimum Gasteiger partial charge on any atom is -0.341 e. The molecule has 1 aromatic heterocycles. The molecule has 1 atom stereocenters. The van der Waals surface area contributed by atoms with Crippen molar-refractivity contribution in [2.24, 2.45) is 5.73 Å². The predicted molar refractivity (Wildman–Crippen MR) is 107 cm³/mol. The van der Waals surface area contributed by atoms with Crippen molar-refractivity contribution in [3.05, 3.63) is 20.6 Å². The third-order valence-electron chi connectivity index (χ3n) is 4.23. The van der Waals surface area contributed by atoms with Crippen LogP contribution in [0.15, 0.2) is 15.0 Å². The van der Waals surface area contributed by atoms with Gasteiger partial charge in [0.25, 0.3) is 0 Å². The number of anilines is 1. The lowest BCUT2D eigenvalue weighted by atomic mass is 10.1. The fourth-order valence-corrected chi connectivity index (χ4v) is 3.99. The highest BCUT2D eigenvalue weighted by Crippen LogP contribution is 2.37. The van der Waals surface area contributed by atoms with Crippen LogP contribution in [-0.4, -0.2) is 28.7 Å². The molecule has 0 bridgehead atoms. The molecule has 0 saturated carbocycles. The minimum absolute atomic E-state index is 0. The van der Waals surface area contributed by atoms with Crippen molar-refractivity contribution < 1.29 is 0 Å². The van der Waals surface area contributed by atoms with Crippen LogP contribution >= 0.6 is 44.3 Å². The maximum atomic E-state index is 9.55. The van der Waals surface area contributed by atoms with Crippen molar-refractivity contribution in [2.45, 2.75) is 38.8 Å². The van der Waals surface area contributed by atoms with Crippen molar-refractivity contribution >= 4 is 61.2 Å². The van der Waals surface area contributed by atoms with Crippen LogP contribution in [0.1, 0.15) is 38.3 Å². The van der Waals surface area contributed by atoms with E-state index in [9.17, 15) is 5.26 Å². The van der Waals surface area contributed by atoms with E-state index in [0.29, 0.717) is 5.56 Å². The van der Waals surface area contributed by atoms with E-state index in [-0.39, 0.29) is 24.5 Å². The normalized spacial score (nSPS) is 17.9.